The summed E-state index contributed by atoms with van der Waals surface area (Å²) < 4.78 is 139. The third-order valence-electron chi connectivity index (χ3n) is 9.06. The number of esters is 1. The smallest absolute Gasteiger partial charge is 0.344 e. The number of carboxylic acids is 1. The maximum absolute atomic E-state index is 14.4. The molecule has 0 spiro atoms. The first kappa shape index (κ1) is 44.2. The quantitative estimate of drug-likeness (QED) is 0.0609. The number of ether oxygens (including phenoxy) is 1. The molecule has 0 saturated heterocycles. The third-order valence-corrected chi connectivity index (χ3v) is 13.7. The second-order valence-corrected chi connectivity index (χ2v) is 19.5. The van der Waals surface area contributed by atoms with Crippen LogP contribution < -0.4 is 16.2 Å². The van der Waals surface area contributed by atoms with E-state index in [9.17, 15) is 71.3 Å². The summed E-state index contributed by atoms with van der Waals surface area (Å²) in [5.41, 5.74) is -5.25. The molecule has 320 valence electrons. The van der Waals surface area contributed by atoms with Gasteiger partial charge < -0.3 is 25.5 Å². The molecule has 1 amide bonds. The van der Waals surface area contributed by atoms with Gasteiger partial charge in [-0.1, -0.05) is 36.4 Å². The number of amides is 1. The molecule has 6 rings (SSSR count). The Morgan fingerprint density at radius 1 is 0.721 bits per heavy atom. The van der Waals surface area contributed by atoms with Gasteiger partial charge in [-0.05, 0) is 47.9 Å². The predicted molar refractivity (Wildman–Crippen MR) is 211 cm³/mol. The molecule has 0 bridgehead atoms. The first-order valence-corrected chi connectivity index (χ1v) is 23.0. The molecular weight excluding hydrogens is 891 g/mol. The second-order valence-electron chi connectivity index (χ2n) is 13.2. The molecule has 0 radical (unpaired) electrons. The third kappa shape index (κ3) is 8.92. The van der Waals surface area contributed by atoms with E-state index in [-0.39, 0.29) is 23.1 Å². The summed E-state index contributed by atoms with van der Waals surface area (Å²) in [5.74, 6) is -5.17. The number of carboxylic acid groups (broad SMARTS) is 1. The number of aromatic amines is 1. The van der Waals surface area contributed by atoms with Crippen molar-refractivity contribution in [1.82, 2.24) is 4.98 Å². The number of hydrogen-bond acceptors (Lipinski definition) is 15. The van der Waals surface area contributed by atoms with Crippen LogP contribution in [0.3, 0.4) is 0 Å². The molecule has 0 fully saturated rings. The monoisotopic (exact) mass is 919 g/mol. The molecule has 7 N–H and O–H groups in total. The van der Waals surface area contributed by atoms with Crippen molar-refractivity contribution in [1.29, 1.82) is 0 Å². The van der Waals surface area contributed by atoms with Crippen molar-refractivity contribution in [2.45, 2.75) is 46.0 Å². The fraction of sp³-hybridized carbons (Fsp3) is 0.139. The molecular formula is C36H29N3O18S4. The number of ketones is 1. The first-order chi connectivity index (χ1) is 28.3. The zero-order valence-electron chi connectivity index (χ0n) is 30.8. The normalized spacial score (nSPS) is 12.8. The van der Waals surface area contributed by atoms with Crippen LogP contribution in [0, 0.1) is 0 Å². The summed E-state index contributed by atoms with van der Waals surface area (Å²) in [4.78, 5) is 61.2. The van der Waals surface area contributed by atoms with Crippen LogP contribution in [0.15, 0.2) is 91.1 Å². The number of fused-ring (bicyclic) bond motifs is 2. The van der Waals surface area contributed by atoms with Gasteiger partial charge in [0, 0.05) is 35.5 Å². The van der Waals surface area contributed by atoms with Crippen molar-refractivity contribution in [3.05, 3.63) is 99.3 Å². The van der Waals surface area contributed by atoms with Gasteiger partial charge in [-0.2, -0.15) is 25.3 Å². The maximum Gasteiger partial charge on any atom is 0.344 e. The van der Waals surface area contributed by atoms with E-state index in [1.807, 2.05) is 0 Å². The molecule has 4 aromatic carbocycles. The number of rotatable bonds is 14. The Balaban J connectivity index is 1.63. The Bertz CT molecular complexity index is 3270. The molecule has 25 heteroatoms. The van der Waals surface area contributed by atoms with Crippen LogP contribution in [-0.4, -0.2) is 86.8 Å². The minimum atomic E-state index is -5.64. The highest BCUT2D eigenvalue weighted by atomic mass is 32.2. The van der Waals surface area contributed by atoms with E-state index in [0.717, 1.165) is 0 Å². The Labute approximate surface area is 344 Å². The van der Waals surface area contributed by atoms with Gasteiger partial charge in [-0.25, -0.2) is 13.2 Å². The molecule has 0 unspecified atom stereocenters. The van der Waals surface area contributed by atoms with Crippen LogP contribution >= 0.6 is 0 Å². The molecule has 0 aliphatic heterocycles. The van der Waals surface area contributed by atoms with Crippen LogP contribution in [0.25, 0.3) is 22.0 Å². The number of anilines is 3. The highest BCUT2D eigenvalue weighted by Crippen LogP contribution is 2.46. The van der Waals surface area contributed by atoms with E-state index in [1.54, 1.807) is 0 Å². The van der Waals surface area contributed by atoms with Crippen molar-refractivity contribution < 1.29 is 76.4 Å². The van der Waals surface area contributed by atoms with E-state index in [4.69, 9.17) is 9.84 Å². The van der Waals surface area contributed by atoms with Crippen molar-refractivity contribution in [3.8, 4) is 11.1 Å². The summed E-state index contributed by atoms with van der Waals surface area (Å²) in [5, 5.41) is 13.3. The first-order valence-electron chi connectivity index (χ1n) is 17.1. The minimum Gasteiger partial charge on any atom is -0.481 e. The van der Waals surface area contributed by atoms with Crippen LogP contribution in [0.2, 0.25) is 0 Å². The molecule has 1 aliphatic carbocycles. The second kappa shape index (κ2) is 15.9. The molecule has 0 saturated carbocycles. The maximum atomic E-state index is 14.4. The zero-order chi connectivity index (χ0) is 45.0. The number of H-pyrrole nitrogens is 1. The molecule has 1 aromatic heterocycles. The Hall–Kier alpha value is -6.35. The molecule has 21 nitrogen and oxygen atoms in total. The Morgan fingerprint density at radius 2 is 1.31 bits per heavy atom. The average Bonchev–Trinajstić information content (AvgIpc) is 3.14. The number of nitrogens with one attached hydrogen (secondary N) is 3. The molecule has 1 aliphatic rings. The number of pyridine rings is 1. The predicted octanol–water partition coefficient (Wildman–Crippen LogP) is 3.18. The minimum absolute atomic E-state index is 0.0366. The summed E-state index contributed by atoms with van der Waals surface area (Å²) in [6.07, 6.45) is -1.34. The highest BCUT2D eigenvalue weighted by molar-refractivity contribution is 7.92. The summed E-state index contributed by atoms with van der Waals surface area (Å²) in [6.45, 7) is 0.831. The van der Waals surface area contributed by atoms with E-state index < -0.39 is 147 Å². The number of hydrogen-bond donors (Lipinski definition) is 7. The van der Waals surface area contributed by atoms with Gasteiger partial charge in [0.2, 0.25) is 5.91 Å². The summed E-state index contributed by atoms with van der Waals surface area (Å²) in [6, 6.07) is 12.1. The van der Waals surface area contributed by atoms with Crippen LogP contribution in [0.4, 0.5) is 17.1 Å². The molecule has 5 aromatic rings. The number of aliphatic carboxylic acids is 1. The van der Waals surface area contributed by atoms with Gasteiger partial charge in [0.05, 0.1) is 33.1 Å². The SMILES string of the molecule is CC(=O)Nc1ccc(COC(=O)c2c3c4c(c(Nc5cc(S(=O)(=O)CCCC(=O)O)c(S(=O)(=O)O)cc5S(=O)(=O)O)cc(S(=O)(=O)O)c4[nH]c2=O)C(=O)c2ccccc2-3)cc1. The molecule has 61 heavy (non-hydrogen) atoms. The van der Waals surface area contributed by atoms with Crippen LogP contribution in [0.1, 0.15) is 51.6 Å². The lowest BCUT2D eigenvalue weighted by Crippen LogP contribution is -2.26. The number of carbonyl (C=O) groups is 4. The van der Waals surface area contributed by atoms with E-state index in [0.29, 0.717) is 23.4 Å². The number of benzene rings is 4. The van der Waals surface area contributed by atoms with E-state index in [2.05, 4.69) is 15.6 Å². The standard InChI is InChI=1S/C36H29N3O18S4/c1-17(40)37-19-10-8-18(9-11-19)16-57-36(45)32-29-20-5-2-3-6-21(20)34(43)30-23(14-27(61(54,55)56)33(31(29)30)39-35(32)44)38-22-13-25(58(46,47)12-4-7-28(41)42)26(60(51,52)53)15-24(22)59(48,49)50/h2-3,5-6,8-11,13-15,38H,4,7,12,16H2,1H3,(H,37,40)(H,39,44)(H,41,42)(H,48,49,50)(H,51,52,53)(H,54,55,56). The van der Waals surface area contributed by atoms with Gasteiger partial charge in [0.1, 0.15) is 26.9 Å². The zero-order valence-corrected chi connectivity index (χ0v) is 34.1. The van der Waals surface area contributed by atoms with Gasteiger partial charge in [0.25, 0.3) is 35.9 Å². The van der Waals surface area contributed by atoms with Gasteiger partial charge in [-0.15, -0.1) is 0 Å². The van der Waals surface area contributed by atoms with Crippen molar-refractivity contribution in [2.24, 2.45) is 0 Å². The van der Waals surface area contributed by atoms with E-state index in [1.165, 1.54) is 55.5 Å². The van der Waals surface area contributed by atoms with E-state index >= 15 is 0 Å². The summed E-state index contributed by atoms with van der Waals surface area (Å²) in [7, 11) is -21.7. The van der Waals surface area contributed by atoms with Gasteiger partial charge >= 0.3 is 11.9 Å². The van der Waals surface area contributed by atoms with Crippen molar-refractivity contribution in [2.75, 3.05) is 16.4 Å². The molecule has 0 atom stereocenters. The van der Waals surface area contributed by atoms with Crippen LogP contribution in [-0.2, 0) is 61.1 Å². The lowest BCUT2D eigenvalue weighted by molar-refractivity contribution is -0.137. The van der Waals surface area contributed by atoms with Crippen molar-refractivity contribution >= 4 is 91.8 Å². The number of sulfone groups is 1. The molecule has 1 heterocycles. The Kier molecular flexibility index (Phi) is 11.5. The number of carbonyl (C=O) groups excluding carboxylic acids is 3. The number of aromatic nitrogens is 1. The lowest BCUT2D eigenvalue weighted by atomic mass is 9.81. The Morgan fingerprint density at radius 3 is 1.89 bits per heavy atom. The largest absolute Gasteiger partial charge is 0.481 e. The lowest BCUT2D eigenvalue weighted by Gasteiger charge is -2.25. The fourth-order valence-corrected chi connectivity index (χ4v) is 10.6. The fourth-order valence-electron chi connectivity index (χ4n) is 6.56. The summed E-state index contributed by atoms with van der Waals surface area (Å²) >= 11 is 0. The highest BCUT2D eigenvalue weighted by Gasteiger charge is 2.37. The van der Waals surface area contributed by atoms with Crippen molar-refractivity contribution in [3.63, 3.8) is 0 Å². The van der Waals surface area contributed by atoms with Crippen LogP contribution in [0.5, 0.6) is 0 Å². The van der Waals surface area contributed by atoms with Gasteiger partial charge in [0.15, 0.2) is 15.6 Å². The van der Waals surface area contributed by atoms with Gasteiger partial charge in [-0.3, -0.25) is 32.8 Å². The average molecular weight is 920 g/mol. The topological polar surface area (TPSA) is 352 Å².